The highest BCUT2D eigenvalue weighted by Gasteiger charge is 2.37. The van der Waals surface area contributed by atoms with Gasteiger partial charge in [-0.15, -0.1) is 0 Å². The van der Waals surface area contributed by atoms with E-state index in [0.717, 1.165) is 10.4 Å². The van der Waals surface area contributed by atoms with Crippen LogP contribution in [0.5, 0.6) is 5.75 Å². The lowest BCUT2D eigenvalue weighted by Crippen LogP contribution is -2.30. The van der Waals surface area contributed by atoms with Crippen LogP contribution in [0.4, 0.5) is 0 Å². The topological polar surface area (TPSA) is 124 Å². The summed E-state index contributed by atoms with van der Waals surface area (Å²) in [6.07, 6.45) is -2.31. The summed E-state index contributed by atoms with van der Waals surface area (Å²) in [6.45, 7) is -0.476. The quantitative estimate of drug-likeness (QED) is 0.658. The summed E-state index contributed by atoms with van der Waals surface area (Å²) in [5.74, 6) is -1.27. The zero-order valence-electron chi connectivity index (χ0n) is 11.1. The number of sulfonamides is 1. The van der Waals surface area contributed by atoms with E-state index < -0.39 is 28.2 Å². The Kier molecular flexibility index (Phi) is 4.19. The second-order valence-electron chi connectivity index (χ2n) is 4.62. The first-order valence-electron chi connectivity index (χ1n) is 6.05. The number of benzene rings is 1. The smallest absolute Gasteiger partial charge is 0.339 e. The minimum absolute atomic E-state index is 0.0444. The molecular formula is C12H15NO7S. The van der Waals surface area contributed by atoms with Crippen molar-refractivity contribution in [3.8, 4) is 5.75 Å². The van der Waals surface area contributed by atoms with Crippen LogP contribution in [-0.2, 0) is 10.0 Å². The molecule has 1 fully saturated rings. The first-order chi connectivity index (χ1) is 9.77. The van der Waals surface area contributed by atoms with Crippen LogP contribution < -0.4 is 4.74 Å². The summed E-state index contributed by atoms with van der Waals surface area (Å²) in [6, 6.07) is 3.46. The van der Waals surface area contributed by atoms with E-state index in [9.17, 15) is 23.4 Å². The minimum Gasteiger partial charge on any atom is -0.496 e. The van der Waals surface area contributed by atoms with Crippen molar-refractivity contribution in [3.63, 3.8) is 0 Å². The lowest BCUT2D eigenvalue weighted by Gasteiger charge is -2.16. The number of β-amino-alcohol motifs (C(OH)–C–C–N with tert-alkyl or cyclic N) is 2. The van der Waals surface area contributed by atoms with Crippen LogP contribution in [0.2, 0.25) is 0 Å². The number of nitrogens with zero attached hydrogens (tertiary/aromatic N) is 1. The molecule has 1 aromatic rings. The molecule has 1 aliphatic rings. The van der Waals surface area contributed by atoms with Gasteiger partial charge < -0.3 is 20.1 Å². The van der Waals surface area contributed by atoms with Gasteiger partial charge in [0, 0.05) is 13.1 Å². The number of aliphatic hydroxyl groups excluding tert-OH is 2. The van der Waals surface area contributed by atoms with Crippen LogP contribution in [0.3, 0.4) is 0 Å². The first-order valence-corrected chi connectivity index (χ1v) is 7.49. The zero-order chi connectivity index (χ0) is 15.8. The van der Waals surface area contributed by atoms with Gasteiger partial charge in [-0.05, 0) is 18.2 Å². The maximum Gasteiger partial charge on any atom is 0.339 e. The van der Waals surface area contributed by atoms with Crippen LogP contribution >= 0.6 is 0 Å². The Hall–Kier alpha value is -1.68. The third-order valence-electron chi connectivity index (χ3n) is 3.26. The van der Waals surface area contributed by atoms with E-state index in [0.29, 0.717) is 0 Å². The third-order valence-corrected chi connectivity index (χ3v) is 5.09. The second kappa shape index (κ2) is 5.60. The number of carboxylic acid groups (broad SMARTS) is 1. The van der Waals surface area contributed by atoms with E-state index in [-0.39, 0.29) is 29.3 Å². The number of methoxy groups -OCH3 is 1. The standard InChI is InChI=1S/C12H15NO7S/c1-20-11-3-2-7(4-8(11)12(16)17)21(18,19)13-5-9(14)10(15)6-13/h2-4,9-10,14-15H,5-6H2,1H3,(H,16,17)/t9-,10+. The average Bonchev–Trinajstić information content (AvgIpc) is 2.78. The SMILES string of the molecule is COc1ccc(S(=O)(=O)N2C[C@@H](O)[C@@H](O)C2)cc1C(=O)O. The predicted molar refractivity (Wildman–Crippen MR) is 70.7 cm³/mol. The third kappa shape index (κ3) is 2.86. The Morgan fingerprint density at radius 3 is 2.33 bits per heavy atom. The van der Waals surface area contributed by atoms with E-state index >= 15 is 0 Å². The predicted octanol–water partition coefficient (Wildman–Crippen LogP) is -0.881. The summed E-state index contributed by atoms with van der Waals surface area (Å²) in [5.41, 5.74) is -0.279. The van der Waals surface area contributed by atoms with E-state index in [1.807, 2.05) is 0 Å². The van der Waals surface area contributed by atoms with Gasteiger partial charge in [0.15, 0.2) is 0 Å². The van der Waals surface area contributed by atoms with Crippen LogP contribution in [0, 0.1) is 0 Å². The number of carbonyl (C=O) groups is 1. The minimum atomic E-state index is -3.99. The maximum atomic E-state index is 12.4. The van der Waals surface area contributed by atoms with Gasteiger partial charge in [0.25, 0.3) is 0 Å². The van der Waals surface area contributed by atoms with E-state index in [4.69, 9.17) is 9.84 Å². The molecule has 0 saturated carbocycles. The Morgan fingerprint density at radius 1 is 1.29 bits per heavy atom. The summed E-state index contributed by atoms with van der Waals surface area (Å²) in [5, 5.41) is 27.9. The molecule has 0 aliphatic carbocycles. The molecule has 21 heavy (non-hydrogen) atoms. The van der Waals surface area contributed by atoms with Gasteiger partial charge in [-0.25, -0.2) is 13.2 Å². The molecule has 0 unspecified atom stereocenters. The van der Waals surface area contributed by atoms with E-state index in [1.165, 1.54) is 19.2 Å². The van der Waals surface area contributed by atoms with Crippen molar-refractivity contribution in [2.75, 3.05) is 20.2 Å². The molecule has 1 aliphatic heterocycles. The van der Waals surface area contributed by atoms with Crippen molar-refractivity contribution < 1.29 is 33.3 Å². The van der Waals surface area contributed by atoms with E-state index in [2.05, 4.69) is 0 Å². The Balaban J connectivity index is 2.42. The van der Waals surface area contributed by atoms with Gasteiger partial charge in [-0.1, -0.05) is 0 Å². The number of carboxylic acids is 1. The average molecular weight is 317 g/mol. The Labute approximate surface area is 121 Å². The highest BCUT2D eigenvalue weighted by atomic mass is 32.2. The van der Waals surface area contributed by atoms with Crippen LogP contribution in [0.25, 0.3) is 0 Å². The molecule has 0 amide bonds. The molecule has 1 saturated heterocycles. The fourth-order valence-electron chi connectivity index (χ4n) is 2.10. The molecule has 2 atom stereocenters. The fraction of sp³-hybridized carbons (Fsp3) is 0.417. The number of aromatic carboxylic acids is 1. The highest BCUT2D eigenvalue weighted by Crippen LogP contribution is 2.26. The zero-order valence-corrected chi connectivity index (χ0v) is 11.9. The summed E-state index contributed by atoms with van der Waals surface area (Å²) in [7, 11) is -2.71. The van der Waals surface area contributed by atoms with Gasteiger partial charge in [0.05, 0.1) is 24.2 Å². The second-order valence-corrected chi connectivity index (χ2v) is 6.56. The molecule has 0 radical (unpaired) electrons. The molecule has 116 valence electrons. The molecular weight excluding hydrogens is 302 g/mol. The van der Waals surface area contributed by atoms with Crippen LogP contribution in [-0.4, -0.2) is 66.4 Å². The maximum absolute atomic E-state index is 12.4. The lowest BCUT2D eigenvalue weighted by atomic mass is 10.2. The molecule has 1 heterocycles. The molecule has 9 heteroatoms. The summed E-state index contributed by atoms with van der Waals surface area (Å²) >= 11 is 0. The van der Waals surface area contributed by atoms with Crippen LogP contribution in [0.1, 0.15) is 10.4 Å². The van der Waals surface area contributed by atoms with Crippen molar-refractivity contribution in [2.45, 2.75) is 17.1 Å². The Morgan fingerprint density at radius 2 is 1.86 bits per heavy atom. The van der Waals surface area contributed by atoms with E-state index in [1.54, 1.807) is 0 Å². The van der Waals surface area contributed by atoms with Gasteiger partial charge in [0.2, 0.25) is 10.0 Å². The number of hydrogen-bond acceptors (Lipinski definition) is 6. The van der Waals surface area contributed by atoms with Crippen molar-refractivity contribution in [1.82, 2.24) is 4.31 Å². The van der Waals surface area contributed by atoms with Gasteiger partial charge in [-0.3, -0.25) is 0 Å². The van der Waals surface area contributed by atoms with Crippen molar-refractivity contribution in [3.05, 3.63) is 23.8 Å². The molecule has 3 N–H and O–H groups in total. The summed E-state index contributed by atoms with van der Waals surface area (Å²) in [4.78, 5) is 10.9. The van der Waals surface area contributed by atoms with Crippen molar-refractivity contribution in [2.24, 2.45) is 0 Å². The molecule has 1 aromatic carbocycles. The molecule has 0 aromatic heterocycles. The summed E-state index contributed by atoms with van der Waals surface area (Å²) < 4.78 is 30.5. The molecule has 8 nitrogen and oxygen atoms in total. The number of ether oxygens (including phenoxy) is 1. The molecule has 0 spiro atoms. The number of aliphatic hydroxyl groups is 2. The van der Waals surface area contributed by atoms with Gasteiger partial charge in [-0.2, -0.15) is 4.31 Å². The molecule has 2 rings (SSSR count). The molecule has 0 bridgehead atoms. The van der Waals surface area contributed by atoms with Gasteiger partial charge >= 0.3 is 5.97 Å². The first kappa shape index (κ1) is 15.7. The highest BCUT2D eigenvalue weighted by molar-refractivity contribution is 7.89. The van der Waals surface area contributed by atoms with Crippen molar-refractivity contribution >= 4 is 16.0 Å². The normalized spacial score (nSPS) is 23.2. The monoisotopic (exact) mass is 317 g/mol. The largest absolute Gasteiger partial charge is 0.496 e. The Bertz CT molecular complexity index is 648. The lowest BCUT2D eigenvalue weighted by molar-refractivity contribution is 0.0572. The number of rotatable bonds is 4. The van der Waals surface area contributed by atoms with Crippen molar-refractivity contribution in [1.29, 1.82) is 0 Å². The van der Waals surface area contributed by atoms with Crippen LogP contribution in [0.15, 0.2) is 23.1 Å². The van der Waals surface area contributed by atoms with Gasteiger partial charge in [0.1, 0.15) is 11.3 Å². The fourth-order valence-corrected chi connectivity index (χ4v) is 3.60. The number of hydrogen-bond donors (Lipinski definition) is 3.